The lowest BCUT2D eigenvalue weighted by molar-refractivity contribution is 1.13. The Bertz CT molecular complexity index is 513. The summed E-state index contributed by atoms with van der Waals surface area (Å²) in [6.07, 6.45) is 8.73. The molecule has 0 radical (unpaired) electrons. The molecule has 2 rings (SSSR count). The van der Waals surface area contributed by atoms with Crippen molar-refractivity contribution in [2.24, 2.45) is 5.73 Å². The van der Waals surface area contributed by atoms with E-state index < -0.39 is 0 Å². The molecule has 0 spiro atoms. The average molecular weight is 247 g/mol. The van der Waals surface area contributed by atoms with Crippen LogP contribution in [-0.4, -0.2) is 0 Å². The monoisotopic (exact) mass is 246 g/mol. The summed E-state index contributed by atoms with van der Waals surface area (Å²) in [6.45, 7) is 1.99. The number of nitrogens with two attached hydrogens (primary N) is 1. The molecule has 1 aliphatic carbocycles. The number of hydrogen-bond donors (Lipinski definition) is 2. The predicted octanol–water partition coefficient (Wildman–Crippen LogP) is 3.75. The van der Waals surface area contributed by atoms with E-state index in [-0.39, 0.29) is 0 Å². The maximum Gasteiger partial charge on any atom is 0.0578 e. The van der Waals surface area contributed by atoms with Gasteiger partial charge in [-0.15, -0.1) is 0 Å². The molecule has 17 heavy (non-hydrogen) atoms. The number of halogens is 1. The molecule has 0 fully saturated rings. The van der Waals surface area contributed by atoms with Gasteiger partial charge in [0.25, 0.3) is 0 Å². The predicted molar refractivity (Wildman–Crippen MR) is 73.9 cm³/mol. The van der Waals surface area contributed by atoms with E-state index in [9.17, 15) is 0 Å². The third-order valence-electron chi connectivity index (χ3n) is 2.73. The first kappa shape index (κ1) is 11.8. The first-order valence-corrected chi connectivity index (χ1v) is 5.90. The van der Waals surface area contributed by atoms with Crippen molar-refractivity contribution in [3.63, 3.8) is 0 Å². The SMILES string of the molecule is Cc1c(Cl)cccc1NC1=C(N)CC=CC=C1. The minimum atomic E-state index is 0.755. The van der Waals surface area contributed by atoms with Gasteiger partial charge >= 0.3 is 0 Å². The van der Waals surface area contributed by atoms with Crippen molar-refractivity contribution in [2.45, 2.75) is 13.3 Å². The molecule has 0 saturated carbocycles. The van der Waals surface area contributed by atoms with Crippen LogP contribution in [0.5, 0.6) is 0 Å². The van der Waals surface area contributed by atoms with Crippen LogP contribution in [0.15, 0.2) is 53.9 Å². The molecule has 0 atom stereocenters. The van der Waals surface area contributed by atoms with Crippen LogP contribution in [0.1, 0.15) is 12.0 Å². The first-order chi connectivity index (χ1) is 8.18. The Morgan fingerprint density at radius 1 is 1.29 bits per heavy atom. The largest absolute Gasteiger partial charge is 0.400 e. The van der Waals surface area contributed by atoms with Crippen molar-refractivity contribution in [2.75, 3.05) is 5.32 Å². The summed E-state index contributed by atoms with van der Waals surface area (Å²) in [5.74, 6) is 0. The van der Waals surface area contributed by atoms with E-state index in [1.54, 1.807) is 0 Å². The van der Waals surface area contributed by atoms with Gasteiger partial charge in [-0.2, -0.15) is 0 Å². The number of hydrogen-bond acceptors (Lipinski definition) is 2. The highest BCUT2D eigenvalue weighted by atomic mass is 35.5. The van der Waals surface area contributed by atoms with Gasteiger partial charge in [0.1, 0.15) is 0 Å². The van der Waals surface area contributed by atoms with Crippen LogP contribution in [0.3, 0.4) is 0 Å². The zero-order valence-corrected chi connectivity index (χ0v) is 10.5. The Kier molecular flexibility index (Phi) is 3.55. The van der Waals surface area contributed by atoms with Crippen LogP contribution in [0.4, 0.5) is 5.69 Å². The molecule has 0 heterocycles. The molecule has 88 valence electrons. The molecule has 3 heteroatoms. The smallest absolute Gasteiger partial charge is 0.0578 e. The molecule has 0 saturated heterocycles. The van der Waals surface area contributed by atoms with E-state index in [1.165, 1.54) is 0 Å². The van der Waals surface area contributed by atoms with E-state index in [0.717, 1.165) is 34.1 Å². The summed E-state index contributed by atoms with van der Waals surface area (Å²) in [7, 11) is 0. The molecular formula is C14H15ClN2. The van der Waals surface area contributed by atoms with Crippen LogP contribution in [0, 0.1) is 6.92 Å². The summed E-state index contributed by atoms with van der Waals surface area (Å²) in [5, 5.41) is 4.08. The van der Waals surface area contributed by atoms with Gasteiger partial charge in [0, 0.05) is 22.8 Å². The minimum absolute atomic E-state index is 0.755. The fraction of sp³-hybridized carbons (Fsp3) is 0.143. The van der Waals surface area contributed by atoms with Gasteiger partial charge in [0.15, 0.2) is 0 Å². The highest BCUT2D eigenvalue weighted by Gasteiger charge is 2.05. The van der Waals surface area contributed by atoms with Crippen molar-refractivity contribution < 1.29 is 0 Å². The highest BCUT2D eigenvalue weighted by molar-refractivity contribution is 6.31. The minimum Gasteiger partial charge on any atom is -0.400 e. The number of nitrogens with one attached hydrogen (secondary N) is 1. The van der Waals surface area contributed by atoms with Crippen LogP contribution in [0.25, 0.3) is 0 Å². The zero-order chi connectivity index (χ0) is 12.3. The lowest BCUT2D eigenvalue weighted by atomic mass is 10.2. The lowest BCUT2D eigenvalue weighted by Gasteiger charge is -2.13. The highest BCUT2D eigenvalue weighted by Crippen LogP contribution is 2.25. The van der Waals surface area contributed by atoms with E-state index >= 15 is 0 Å². The fourth-order valence-electron chi connectivity index (χ4n) is 1.65. The molecule has 1 aromatic carbocycles. The Balaban J connectivity index is 2.29. The van der Waals surface area contributed by atoms with Crippen LogP contribution < -0.4 is 11.1 Å². The average Bonchev–Trinajstić information content (AvgIpc) is 2.51. The Labute approximate surface area is 106 Å². The Morgan fingerprint density at radius 3 is 2.94 bits per heavy atom. The van der Waals surface area contributed by atoms with Crippen LogP contribution in [-0.2, 0) is 0 Å². The van der Waals surface area contributed by atoms with E-state index in [2.05, 4.69) is 5.32 Å². The summed E-state index contributed by atoms with van der Waals surface area (Å²) >= 11 is 6.08. The van der Waals surface area contributed by atoms with Crippen molar-refractivity contribution in [3.8, 4) is 0 Å². The molecule has 0 amide bonds. The molecule has 1 aliphatic rings. The molecule has 0 bridgehead atoms. The van der Waals surface area contributed by atoms with Gasteiger partial charge in [-0.3, -0.25) is 0 Å². The van der Waals surface area contributed by atoms with Gasteiger partial charge < -0.3 is 11.1 Å². The number of anilines is 1. The van der Waals surface area contributed by atoms with Crippen molar-refractivity contribution in [1.29, 1.82) is 0 Å². The standard InChI is InChI=1S/C14H15ClN2/c1-10-11(15)6-5-9-13(10)17-14-8-4-2-3-7-12(14)16/h2-6,8-9,17H,7,16H2,1H3. The Hall–Kier alpha value is -1.67. The molecule has 1 aromatic rings. The van der Waals surface area contributed by atoms with E-state index in [0.29, 0.717) is 0 Å². The topological polar surface area (TPSA) is 38.0 Å². The van der Waals surface area contributed by atoms with Gasteiger partial charge in [0.05, 0.1) is 5.70 Å². The second-order valence-corrected chi connectivity index (χ2v) is 4.37. The zero-order valence-electron chi connectivity index (χ0n) is 9.70. The number of rotatable bonds is 2. The molecule has 2 nitrogen and oxygen atoms in total. The van der Waals surface area contributed by atoms with E-state index in [1.807, 2.05) is 49.4 Å². The Morgan fingerprint density at radius 2 is 2.12 bits per heavy atom. The second kappa shape index (κ2) is 5.11. The van der Waals surface area contributed by atoms with Crippen LogP contribution in [0.2, 0.25) is 5.02 Å². The maximum atomic E-state index is 6.08. The quantitative estimate of drug-likeness (QED) is 0.834. The molecular weight excluding hydrogens is 232 g/mol. The third kappa shape index (κ3) is 2.71. The van der Waals surface area contributed by atoms with Gasteiger partial charge in [0.2, 0.25) is 0 Å². The molecule has 3 N–H and O–H groups in total. The van der Waals surface area contributed by atoms with E-state index in [4.69, 9.17) is 17.3 Å². The normalized spacial score (nSPS) is 14.9. The fourth-order valence-corrected chi connectivity index (χ4v) is 1.83. The molecule has 0 aromatic heterocycles. The second-order valence-electron chi connectivity index (χ2n) is 3.97. The van der Waals surface area contributed by atoms with Crippen molar-refractivity contribution >= 4 is 17.3 Å². The van der Waals surface area contributed by atoms with Gasteiger partial charge in [-0.25, -0.2) is 0 Å². The van der Waals surface area contributed by atoms with Crippen molar-refractivity contribution in [1.82, 2.24) is 0 Å². The maximum absolute atomic E-state index is 6.08. The summed E-state index contributed by atoms with van der Waals surface area (Å²) in [6, 6.07) is 5.80. The number of allylic oxidation sites excluding steroid dienone is 4. The summed E-state index contributed by atoms with van der Waals surface area (Å²) in [5.41, 5.74) is 9.77. The van der Waals surface area contributed by atoms with Gasteiger partial charge in [-0.1, -0.05) is 35.9 Å². The summed E-state index contributed by atoms with van der Waals surface area (Å²) in [4.78, 5) is 0. The van der Waals surface area contributed by atoms with Crippen molar-refractivity contribution in [3.05, 3.63) is 64.5 Å². The molecule has 0 unspecified atom stereocenters. The molecule has 0 aliphatic heterocycles. The third-order valence-corrected chi connectivity index (χ3v) is 3.14. The first-order valence-electron chi connectivity index (χ1n) is 5.52. The van der Waals surface area contributed by atoms with Crippen LogP contribution >= 0.6 is 11.6 Å². The van der Waals surface area contributed by atoms with Gasteiger partial charge in [-0.05, 0) is 30.7 Å². The number of benzene rings is 1. The lowest BCUT2D eigenvalue weighted by Crippen LogP contribution is -2.08. The summed E-state index contributed by atoms with van der Waals surface area (Å²) < 4.78 is 0.